The number of nitrogens with zero attached hydrogens (tertiary/aromatic N) is 4. The van der Waals surface area contributed by atoms with Gasteiger partial charge < -0.3 is 9.80 Å². The highest BCUT2D eigenvalue weighted by atomic mass is 35.5. The van der Waals surface area contributed by atoms with Crippen molar-refractivity contribution < 1.29 is 9.59 Å². The van der Waals surface area contributed by atoms with Gasteiger partial charge in [-0.1, -0.05) is 11.6 Å². The maximum atomic E-state index is 12.6. The summed E-state index contributed by atoms with van der Waals surface area (Å²) in [6.45, 7) is 4.92. The van der Waals surface area contributed by atoms with Gasteiger partial charge in [-0.15, -0.1) is 0 Å². The Morgan fingerprint density at radius 3 is 2.31 bits per heavy atom. The molecule has 2 aliphatic heterocycles. The van der Waals surface area contributed by atoms with E-state index in [2.05, 4.69) is 5.10 Å². The molecular weight excluding hydrogens is 352 g/mol. The van der Waals surface area contributed by atoms with Gasteiger partial charge in [0.05, 0.1) is 5.69 Å². The highest BCUT2D eigenvalue weighted by Crippen LogP contribution is 2.23. The summed E-state index contributed by atoms with van der Waals surface area (Å²) < 4.78 is 1.60. The summed E-state index contributed by atoms with van der Waals surface area (Å²) >= 11 is 6.19. The minimum absolute atomic E-state index is 0.0341. The Labute approximate surface area is 159 Å². The molecule has 3 rings (SSSR count). The summed E-state index contributed by atoms with van der Waals surface area (Å²) in [4.78, 5) is 28.9. The molecule has 0 unspecified atom stereocenters. The van der Waals surface area contributed by atoms with Crippen molar-refractivity contribution in [2.45, 2.75) is 39.0 Å². The van der Waals surface area contributed by atoms with Gasteiger partial charge >= 0.3 is 0 Å². The van der Waals surface area contributed by atoms with Gasteiger partial charge in [0.15, 0.2) is 0 Å². The number of hydrogen-bond acceptors (Lipinski definition) is 3. The molecule has 2 amide bonds. The Bertz CT molecular complexity index is 699. The third-order valence-electron chi connectivity index (χ3n) is 5.41. The van der Waals surface area contributed by atoms with Crippen LogP contribution in [0.5, 0.6) is 0 Å². The van der Waals surface area contributed by atoms with Crippen LogP contribution < -0.4 is 0 Å². The second-order valence-electron chi connectivity index (χ2n) is 7.23. The van der Waals surface area contributed by atoms with Crippen molar-refractivity contribution in [3.63, 3.8) is 0 Å². The van der Waals surface area contributed by atoms with Crippen LogP contribution >= 0.6 is 11.6 Å². The van der Waals surface area contributed by atoms with Crippen molar-refractivity contribution in [1.29, 1.82) is 0 Å². The minimum Gasteiger partial charge on any atom is -0.342 e. The SMILES string of the molecule is Cc1nn(C)c(Cl)c1/C=C/C(=O)N1CCC(C(=O)N2CCCCC2)CC1. The van der Waals surface area contributed by atoms with Gasteiger partial charge in [-0.3, -0.25) is 14.3 Å². The molecule has 1 aromatic heterocycles. The number of aromatic nitrogens is 2. The average Bonchev–Trinajstić information content (AvgIpc) is 2.91. The van der Waals surface area contributed by atoms with Crippen LogP contribution in [0, 0.1) is 12.8 Å². The lowest BCUT2D eigenvalue weighted by molar-refractivity contribution is -0.140. The fraction of sp³-hybridized carbons (Fsp3) is 0.632. The van der Waals surface area contributed by atoms with Gasteiger partial charge in [-0.25, -0.2) is 0 Å². The molecule has 2 fully saturated rings. The third kappa shape index (κ3) is 4.11. The lowest BCUT2D eigenvalue weighted by Crippen LogP contribution is -2.45. The fourth-order valence-corrected chi connectivity index (χ4v) is 4.05. The van der Waals surface area contributed by atoms with E-state index in [9.17, 15) is 9.59 Å². The van der Waals surface area contributed by atoms with Crippen LogP contribution in [0.2, 0.25) is 5.15 Å². The van der Waals surface area contributed by atoms with E-state index in [0.717, 1.165) is 50.0 Å². The normalized spacial score (nSPS) is 19.3. The second-order valence-corrected chi connectivity index (χ2v) is 7.59. The van der Waals surface area contributed by atoms with Crippen LogP contribution in [0.3, 0.4) is 0 Å². The molecule has 142 valence electrons. The van der Waals surface area contributed by atoms with Crippen LogP contribution in [-0.2, 0) is 16.6 Å². The van der Waals surface area contributed by atoms with Crippen molar-refractivity contribution in [3.05, 3.63) is 22.5 Å². The van der Waals surface area contributed by atoms with Crippen molar-refractivity contribution >= 4 is 29.5 Å². The number of carbonyl (C=O) groups excluding carboxylic acids is 2. The van der Waals surface area contributed by atoms with E-state index in [1.165, 1.54) is 6.42 Å². The van der Waals surface area contributed by atoms with Crippen molar-refractivity contribution in [2.24, 2.45) is 13.0 Å². The van der Waals surface area contributed by atoms with Crippen LogP contribution in [-0.4, -0.2) is 57.6 Å². The molecule has 0 radical (unpaired) electrons. The summed E-state index contributed by atoms with van der Waals surface area (Å²) in [6, 6.07) is 0. The van der Waals surface area contributed by atoms with Crippen LogP contribution in [0.15, 0.2) is 6.08 Å². The van der Waals surface area contributed by atoms with Gasteiger partial charge in [0, 0.05) is 50.8 Å². The van der Waals surface area contributed by atoms with Crippen molar-refractivity contribution in [3.8, 4) is 0 Å². The first kappa shape index (κ1) is 19.0. The monoisotopic (exact) mass is 378 g/mol. The first-order valence-electron chi connectivity index (χ1n) is 9.42. The molecule has 0 spiro atoms. The molecule has 0 saturated carbocycles. The molecule has 26 heavy (non-hydrogen) atoms. The Morgan fingerprint density at radius 2 is 1.73 bits per heavy atom. The highest BCUT2D eigenvalue weighted by molar-refractivity contribution is 6.31. The summed E-state index contributed by atoms with van der Waals surface area (Å²) in [5.41, 5.74) is 1.57. The number of rotatable bonds is 3. The Morgan fingerprint density at radius 1 is 1.08 bits per heavy atom. The Balaban J connectivity index is 1.53. The summed E-state index contributed by atoms with van der Waals surface area (Å²) in [6.07, 6.45) is 8.25. The number of carbonyl (C=O) groups is 2. The molecule has 0 aliphatic carbocycles. The molecule has 3 heterocycles. The number of amides is 2. The summed E-state index contributed by atoms with van der Waals surface area (Å²) in [5.74, 6) is 0.314. The number of aryl methyl sites for hydroxylation is 2. The number of likely N-dealkylation sites (tertiary alicyclic amines) is 2. The molecule has 0 bridgehead atoms. The quantitative estimate of drug-likeness (QED) is 0.760. The molecule has 2 aliphatic rings. The fourth-order valence-electron chi connectivity index (χ4n) is 3.82. The van der Waals surface area contributed by atoms with E-state index >= 15 is 0 Å². The predicted octanol–water partition coefficient (Wildman–Crippen LogP) is 2.65. The maximum absolute atomic E-state index is 12.6. The lowest BCUT2D eigenvalue weighted by atomic mass is 9.94. The largest absolute Gasteiger partial charge is 0.342 e. The van der Waals surface area contributed by atoms with Gasteiger partial charge in [-0.05, 0) is 45.1 Å². The maximum Gasteiger partial charge on any atom is 0.246 e. The molecule has 1 aromatic rings. The predicted molar refractivity (Wildman–Crippen MR) is 102 cm³/mol. The minimum atomic E-state index is -0.0341. The summed E-state index contributed by atoms with van der Waals surface area (Å²) in [7, 11) is 1.78. The standard InChI is InChI=1S/C19H27ClN4O2/c1-14-16(18(20)22(2)21-14)6-7-17(25)23-12-8-15(9-13-23)19(26)24-10-4-3-5-11-24/h6-7,15H,3-5,8-13H2,1-2H3/b7-6+. The van der Waals surface area contributed by atoms with E-state index in [1.807, 2.05) is 16.7 Å². The van der Waals surface area contributed by atoms with Crippen LogP contribution in [0.1, 0.15) is 43.4 Å². The molecular formula is C19H27ClN4O2. The van der Waals surface area contributed by atoms with Gasteiger partial charge in [-0.2, -0.15) is 5.10 Å². The van der Waals surface area contributed by atoms with E-state index in [-0.39, 0.29) is 17.7 Å². The molecule has 0 atom stereocenters. The Kier molecular flexibility index (Phi) is 6.01. The lowest BCUT2D eigenvalue weighted by Gasteiger charge is -2.35. The first-order chi connectivity index (χ1) is 12.5. The first-order valence-corrected chi connectivity index (χ1v) is 9.80. The van der Waals surface area contributed by atoms with Gasteiger partial charge in [0.25, 0.3) is 0 Å². The topological polar surface area (TPSA) is 58.4 Å². The van der Waals surface area contributed by atoms with E-state index in [4.69, 9.17) is 11.6 Å². The second kappa shape index (κ2) is 8.25. The summed E-state index contributed by atoms with van der Waals surface area (Å²) in [5, 5.41) is 4.77. The highest BCUT2D eigenvalue weighted by Gasteiger charge is 2.30. The van der Waals surface area contributed by atoms with E-state index in [1.54, 1.807) is 23.9 Å². The zero-order chi connectivity index (χ0) is 18.7. The van der Waals surface area contributed by atoms with E-state index < -0.39 is 0 Å². The Hall–Kier alpha value is -1.82. The van der Waals surface area contributed by atoms with Crippen molar-refractivity contribution in [1.82, 2.24) is 19.6 Å². The molecule has 7 heteroatoms. The molecule has 0 N–H and O–H groups in total. The van der Waals surface area contributed by atoms with Crippen LogP contribution in [0.25, 0.3) is 6.08 Å². The van der Waals surface area contributed by atoms with Gasteiger partial charge in [0.2, 0.25) is 11.8 Å². The zero-order valence-electron chi connectivity index (χ0n) is 15.6. The number of piperidine rings is 2. The third-order valence-corrected chi connectivity index (χ3v) is 5.86. The molecule has 6 nitrogen and oxygen atoms in total. The van der Waals surface area contributed by atoms with Crippen LogP contribution in [0.4, 0.5) is 0 Å². The van der Waals surface area contributed by atoms with Gasteiger partial charge in [0.1, 0.15) is 5.15 Å². The smallest absolute Gasteiger partial charge is 0.246 e. The average molecular weight is 379 g/mol. The molecule has 2 saturated heterocycles. The van der Waals surface area contributed by atoms with Crippen molar-refractivity contribution in [2.75, 3.05) is 26.2 Å². The number of hydrogen-bond donors (Lipinski definition) is 0. The number of halogens is 1. The van der Waals surface area contributed by atoms with E-state index in [0.29, 0.717) is 18.2 Å². The zero-order valence-corrected chi connectivity index (χ0v) is 16.3. The molecule has 0 aromatic carbocycles.